The number of para-hydroxylation sites is 3. The lowest BCUT2D eigenvalue weighted by atomic mass is 10.0. The summed E-state index contributed by atoms with van der Waals surface area (Å²) in [6, 6.07) is 30.5. The molecule has 0 bridgehead atoms. The van der Waals surface area contributed by atoms with Gasteiger partial charge in [-0.3, -0.25) is 19.4 Å². The van der Waals surface area contributed by atoms with E-state index in [1.807, 2.05) is 54.6 Å². The number of hydrogen-bond donors (Lipinski definition) is 0. The average molecular weight is 559 g/mol. The van der Waals surface area contributed by atoms with Crippen LogP contribution < -0.4 is 14.5 Å². The lowest BCUT2D eigenvalue weighted by Gasteiger charge is -2.36. The van der Waals surface area contributed by atoms with Crippen LogP contribution in [0.15, 0.2) is 109 Å². The van der Waals surface area contributed by atoms with Gasteiger partial charge < -0.3 is 4.74 Å². The fourth-order valence-corrected chi connectivity index (χ4v) is 4.71. The number of amides is 2. The number of hydrogen-bond acceptors (Lipinski definition) is 4. The van der Waals surface area contributed by atoms with E-state index < -0.39 is 11.8 Å². The summed E-state index contributed by atoms with van der Waals surface area (Å²) in [6.07, 6.45) is 1.54. The van der Waals surface area contributed by atoms with Crippen molar-refractivity contribution in [2.24, 2.45) is 0 Å². The standard InChI is InChI=1S/C30H20Cl2N2O3S/c31-25-16-15-20(17-26(25)32)19-37-27-14-8-7-9-21(27)18-24-28(35)33(22-10-3-1-4-11-22)30(38)34(29(24)36)23-12-5-2-6-13-23/h1-18H,19H2. The van der Waals surface area contributed by atoms with Gasteiger partial charge in [0, 0.05) is 5.56 Å². The van der Waals surface area contributed by atoms with Crippen molar-refractivity contribution in [1.29, 1.82) is 0 Å². The molecular weight excluding hydrogens is 539 g/mol. The van der Waals surface area contributed by atoms with Gasteiger partial charge in [-0.2, -0.15) is 0 Å². The van der Waals surface area contributed by atoms with Crippen LogP contribution >= 0.6 is 35.4 Å². The van der Waals surface area contributed by atoms with E-state index >= 15 is 0 Å². The molecule has 1 aliphatic heterocycles. The fourth-order valence-electron chi connectivity index (χ4n) is 4.02. The van der Waals surface area contributed by atoms with Crippen molar-refractivity contribution < 1.29 is 14.3 Å². The highest BCUT2D eigenvalue weighted by molar-refractivity contribution is 7.81. The van der Waals surface area contributed by atoms with E-state index in [-0.39, 0.29) is 17.3 Å². The van der Waals surface area contributed by atoms with Gasteiger partial charge in [-0.25, -0.2) is 0 Å². The van der Waals surface area contributed by atoms with E-state index in [1.165, 1.54) is 9.80 Å². The maximum Gasteiger partial charge on any atom is 0.270 e. The Kier molecular flexibility index (Phi) is 7.56. The van der Waals surface area contributed by atoms with Crippen LogP contribution in [0.4, 0.5) is 11.4 Å². The minimum atomic E-state index is -0.516. The van der Waals surface area contributed by atoms with Crippen molar-refractivity contribution in [1.82, 2.24) is 0 Å². The number of carbonyl (C=O) groups excluding carboxylic acids is 2. The van der Waals surface area contributed by atoms with Gasteiger partial charge in [-0.1, -0.05) is 83.9 Å². The third kappa shape index (κ3) is 5.20. The van der Waals surface area contributed by atoms with Gasteiger partial charge in [0.15, 0.2) is 5.11 Å². The molecule has 1 fully saturated rings. The van der Waals surface area contributed by atoms with Crippen LogP contribution in [-0.2, 0) is 16.2 Å². The lowest BCUT2D eigenvalue weighted by Crippen LogP contribution is -2.56. The first-order valence-corrected chi connectivity index (χ1v) is 12.8. The second-order valence-electron chi connectivity index (χ2n) is 8.37. The van der Waals surface area contributed by atoms with Crippen LogP contribution in [0.25, 0.3) is 6.08 Å². The van der Waals surface area contributed by atoms with Gasteiger partial charge in [-0.15, -0.1) is 0 Å². The van der Waals surface area contributed by atoms with Gasteiger partial charge in [0.05, 0.1) is 21.4 Å². The zero-order valence-corrected chi connectivity index (χ0v) is 22.2. The van der Waals surface area contributed by atoms with Crippen LogP contribution in [0, 0.1) is 0 Å². The van der Waals surface area contributed by atoms with E-state index in [0.717, 1.165) is 5.56 Å². The molecule has 0 aliphatic carbocycles. The minimum Gasteiger partial charge on any atom is -0.488 e. The summed E-state index contributed by atoms with van der Waals surface area (Å²) in [5.74, 6) is -0.535. The molecule has 8 heteroatoms. The molecule has 0 atom stereocenters. The Hall–Kier alpha value is -3.97. The quantitative estimate of drug-likeness (QED) is 0.141. The Morgan fingerprint density at radius 2 is 1.26 bits per heavy atom. The van der Waals surface area contributed by atoms with E-state index in [9.17, 15) is 9.59 Å². The summed E-state index contributed by atoms with van der Waals surface area (Å²) < 4.78 is 6.05. The molecule has 4 aromatic carbocycles. The molecule has 2 amide bonds. The number of ether oxygens (including phenoxy) is 1. The van der Waals surface area contributed by atoms with Gasteiger partial charge in [0.25, 0.3) is 11.8 Å². The summed E-state index contributed by atoms with van der Waals surface area (Å²) in [6.45, 7) is 0.218. The third-order valence-electron chi connectivity index (χ3n) is 5.88. The average Bonchev–Trinajstić information content (AvgIpc) is 2.93. The van der Waals surface area contributed by atoms with Gasteiger partial charge in [0.2, 0.25) is 0 Å². The normalized spacial score (nSPS) is 13.6. The maximum atomic E-state index is 13.7. The summed E-state index contributed by atoms with van der Waals surface area (Å²) in [7, 11) is 0. The Balaban J connectivity index is 1.54. The Labute approximate surface area is 235 Å². The van der Waals surface area contributed by atoms with Gasteiger partial charge >= 0.3 is 0 Å². The Morgan fingerprint density at radius 3 is 1.84 bits per heavy atom. The first-order chi connectivity index (χ1) is 18.4. The lowest BCUT2D eigenvalue weighted by molar-refractivity contribution is -0.120. The Bertz CT molecular complexity index is 1500. The van der Waals surface area contributed by atoms with Crippen molar-refractivity contribution in [3.8, 4) is 5.75 Å². The minimum absolute atomic E-state index is 0.0445. The zero-order chi connectivity index (χ0) is 26.6. The smallest absolute Gasteiger partial charge is 0.270 e. The van der Waals surface area contributed by atoms with Gasteiger partial charge in [0.1, 0.15) is 17.9 Å². The molecule has 38 heavy (non-hydrogen) atoms. The number of anilines is 2. The molecule has 1 heterocycles. The molecule has 1 aliphatic rings. The largest absolute Gasteiger partial charge is 0.488 e. The van der Waals surface area contributed by atoms with E-state index in [4.69, 9.17) is 40.2 Å². The van der Waals surface area contributed by atoms with Crippen LogP contribution in [0.2, 0.25) is 10.0 Å². The number of carbonyl (C=O) groups is 2. The number of benzene rings is 4. The van der Waals surface area contributed by atoms with Crippen LogP contribution in [0.5, 0.6) is 5.75 Å². The highest BCUT2D eigenvalue weighted by atomic mass is 35.5. The summed E-state index contributed by atoms with van der Waals surface area (Å²) in [5, 5.41) is 0.969. The first-order valence-electron chi connectivity index (χ1n) is 11.6. The van der Waals surface area contributed by atoms with Crippen LogP contribution in [0.1, 0.15) is 11.1 Å². The van der Waals surface area contributed by atoms with Crippen molar-refractivity contribution in [3.63, 3.8) is 0 Å². The van der Waals surface area contributed by atoms with E-state index in [2.05, 4.69) is 0 Å². The van der Waals surface area contributed by atoms with E-state index in [0.29, 0.717) is 32.7 Å². The highest BCUT2D eigenvalue weighted by Crippen LogP contribution is 2.31. The van der Waals surface area contributed by atoms with Crippen molar-refractivity contribution >= 4 is 69.8 Å². The summed E-state index contributed by atoms with van der Waals surface area (Å²) in [5.41, 5.74) is 2.47. The molecule has 0 saturated carbocycles. The molecular formula is C30H20Cl2N2O3S. The van der Waals surface area contributed by atoms with Crippen molar-refractivity contribution in [2.45, 2.75) is 6.61 Å². The maximum absolute atomic E-state index is 13.7. The third-order valence-corrected chi connectivity index (χ3v) is 6.98. The molecule has 4 aromatic rings. The molecule has 5 nitrogen and oxygen atoms in total. The van der Waals surface area contributed by atoms with Crippen molar-refractivity contribution in [3.05, 3.63) is 130 Å². The fraction of sp³-hybridized carbons (Fsp3) is 0.0333. The number of halogens is 2. The molecule has 1 saturated heterocycles. The Morgan fingerprint density at radius 1 is 0.711 bits per heavy atom. The number of rotatable bonds is 6. The summed E-state index contributed by atoms with van der Waals surface area (Å²) in [4.78, 5) is 30.2. The molecule has 188 valence electrons. The molecule has 0 radical (unpaired) electrons. The second kappa shape index (κ2) is 11.2. The molecule has 0 unspecified atom stereocenters. The monoisotopic (exact) mass is 558 g/mol. The zero-order valence-electron chi connectivity index (χ0n) is 19.9. The number of thiocarbonyl (C=S) groups is 1. The molecule has 0 N–H and O–H groups in total. The predicted octanol–water partition coefficient (Wildman–Crippen LogP) is 7.32. The van der Waals surface area contributed by atoms with Crippen molar-refractivity contribution in [2.75, 3.05) is 9.80 Å². The molecule has 5 rings (SSSR count). The molecule has 0 aromatic heterocycles. The van der Waals surface area contributed by atoms with Gasteiger partial charge in [-0.05, 0) is 66.3 Å². The second-order valence-corrected chi connectivity index (χ2v) is 9.55. The predicted molar refractivity (Wildman–Crippen MR) is 156 cm³/mol. The van der Waals surface area contributed by atoms with Crippen LogP contribution in [0.3, 0.4) is 0 Å². The highest BCUT2D eigenvalue weighted by Gasteiger charge is 2.41. The number of nitrogens with zero attached hydrogens (tertiary/aromatic N) is 2. The first kappa shape index (κ1) is 25.7. The summed E-state index contributed by atoms with van der Waals surface area (Å²) >= 11 is 17.8. The van der Waals surface area contributed by atoms with Crippen LogP contribution in [-0.4, -0.2) is 16.9 Å². The van der Waals surface area contributed by atoms with E-state index in [1.54, 1.807) is 54.6 Å². The SMILES string of the molecule is O=C1C(=Cc2ccccc2OCc2ccc(Cl)c(Cl)c2)C(=O)N(c2ccccc2)C(=S)N1c1ccccc1. The topological polar surface area (TPSA) is 49.9 Å². The molecule has 0 spiro atoms.